The zero-order valence-electron chi connectivity index (χ0n) is 14.1. The summed E-state index contributed by atoms with van der Waals surface area (Å²) in [7, 11) is 0. The van der Waals surface area contributed by atoms with Crippen molar-refractivity contribution in [1.82, 2.24) is 9.55 Å². The highest BCUT2D eigenvalue weighted by molar-refractivity contribution is 6.20. The fraction of sp³-hybridized carbons (Fsp3) is 0.0435. The van der Waals surface area contributed by atoms with Crippen LogP contribution in [0.4, 0.5) is 0 Å². The largest absolute Gasteiger partial charge is 0.334 e. The van der Waals surface area contributed by atoms with Crippen LogP contribution in [0.15, 0.2) is 79.0 Å². The number of fused-ring (bicyclic) bond motifs is 5. The molecule has 0 atom stereocenters. The molecular weight excluding hydrogens is 318 g/mol. The fourth-order valence-electron chi connectivity index (χ4n) is 3.78. The molecule has 0 saturated heterocycles. The molecular formula is C23H15N3. The van der Waals surface area contributed by atoms with Crippen molar-refractivity contribution in [3.05, 3.63) is 90.3 Å². The van der Waals surface area contributed by atoms with Gasteiger partial charge in [-0.2, -0.15) is 5.26 Å². The first kappa shape index (κ1) is 14.7. The first-order valence-electron chi connectivity index (χ1n) is 8.59. The highest BCUT2D eigenvalue weighted by Gasteiger charge is 2.13. The van der Waals surface area contributed by atoms with Gasteiger partial charge in [0.1, 0.15) is 0 Å². The summed E-state index contributed by atoms with van der Waals surface area (Å²) in [5.74, 6) is 0. The van der Waals surface area contributed by atoms with Crippen molar-refractivity contribution in [3.8, 4) is 6.07 Å². The lowest BCUT2D eigenvalue weighted by Gasteiger charge is -2.08. The topological polar surface area (TPSA) is 41.6 Å². The minimum Gasteiger partial charge on any atom is -0.334 e. The molecule has 0 spiro atoms. The van der Waals surface area contributed by atoms with Crippen molar-refractivity contribution in [2.75, 3.05) is 0 Å². The van der Waals surface area contributed by atoms with E-state index in [0.717, 1.165) is 5.69 Å². The summed E-state index contributed by atoms with van der Waals surface area (Å²) >= 11 is 0. The van der Waals surface area contributed by atoms with E-state index in [9.17, 15) is 0 Å². The standard InChI is InChI=1S/C23H15N3/c24-14-16-11-12-25-18(13-16)15-26-21-8-4-3-7-20(21)23-19-6-2-1-5-17(19)9-10-22(23)26/h1-13H,15H2. The Morgan fingerprint density at radius 1 is 0.846 bits per heavy atom. The number of nitrogens with zero attached hydrogens (tertiary/aromatic N) is 3. The van der Waals surface area contributed by atoms with E-state index < -0.39 is 0 Å². The fourth-order valence-corrected chi connectivity index (χ4v) is 3.78. The maximum atomic E-state index is 9.17. The number of para-hydroxylation sites is 1. The van der Waals surface area contributed by atoms with Crippen molar-refractivity contribution >= 4 is 32.6 Å². The van der Waals surface area contributed by atoms with Crippen molar-refractivity contribution in [2.24, 2.45) is 0 Å². The minimum absolute atomic E-state index is 0.637. The zero-order valence-corrected chi connectivity index (χ0v) is 14.1. The van der Waals surface area contributed by atoms with Gasteiger partial charge in [-0.3, -0.25) is 4.98 Å². The lowest BCUT2D eigenvalue weighted by atomic mass is 10.0. The molecule has 0 aliphatic rings. The van der Waals surface area contributed by atoms with Gasteiger partial charge in [-0.1, -0.05) is 48.5 Å². The van der Waals surface area contributed by atoms with Crippen LogP contribution >= 0.6 is 0 Å². The van der Waals surface area contributed by atoms with Crippen molar-refractivity contribution in [1.29, 1.82) is 5.26 Å². The number of benzene rings is 3. The molecule has 0 N–H and O–H groups in total. The number of nitriles is 1. The Morgan fingerprint density at radius 3 is 2.54 bits per heavy atom. The molecule has 0 bridgehead atoms. The lowest BCUT2D eigenvalue weighted by Crippen LogP contribution is -2.01. The average molecular weight is 333 g/mol. The number of hydrogen-bond donors (Lipinski definition) is 0. The minimum atomic E-state index is 0.637. The monoisotopic (exact) mass is 333 g/mol. The highest BCUT2D eigenvalue weighted by atomic mass is 15.0. The summed E-state index contributed by atoms with van der Waals surface area (Å²) in [6.45, 7) is 0.637. The number of rotatable bonds is 2. The molecule has 3 heteroatoms. The average Bonchev–Trinajstić information content (AvgIpc) is 3.02. The van der Waals surface area contributed by atoms with Gasteiger partial charge in [-0.25, -0.2) is 0 Å². The van der Waals surface area contributed by atoms with E-state index in [1.54, 1.807) is 12.3 Å². The van der Waals surface area contributed by atoms with Crippen LogP contribution in [0.3, 0.4) is 0 Å². The molecule has 5 aromatic rings. The van der Waals surface area contributed by atoms with E-state index in [4.69, 9.17) is 5.26 Å². The quantitative estimate of drug-likeness (QED) is 0.442. The molecule has 122 valence electrons. The van der Waals surface area contributed by atoms with E-state index in [1.165, 1.54) is 32.6 Å². The van der Waals surface area contributed by atoms with Gasteiger partial charge >= 0.3 is 0 Å². The molecule has 0 aliphatic heterocycles. The summed E-state index contributed by atoms with van der Waals surface area (Å²) in [5.41, 5.74) is 3.90. The molecule has 3 aromatic carbocycles. The Bertz CT molecular complexity index is 1320. The summed E-state index contributed by atoms with van der Waals surface area (Å²) in [4.78, 5) is 4.47. The molecule has 0 radical (unpaired) electrons. The second-order valence-electron chi connectivity index (χ2n) is 6.43. The first-order chi connectivity index (χ1) is 12.8. The molecule has 0 fully saturated rings. The molecule has 26 heavy (non-hydrogen) atoms. The summed E-state index contributed by atoms with van der Waals surface area (Å²) in [6, 6.07) is 27.1. The predicted octanol–water partition coefficient (Wildman–Crippen LogP) is 5.26. The van der Waals surface area contributed by atoms with Crippen LogP contribution in [-0.4, -0.2) is 9.55 Å². The SMILES string of the molecule is N#Cc1ccnc(Cn2c3ccccc3c3c4ccccc4ccc32)c1. The predicted molar refractivity (Wildman–Crippen MR) is 105 cm³/mol. The molecule has 5 rings (SSSR count). The van der Waals surface area contributed by atoms with Gasteiger partial charge in [0, 0.05) is 22.5 Å². The van der Waals surface area contributed by atoms with Crippen LogP contribution < -0.4 is 0 Å². The van der Waals surface area contributed by atoms with Crippen molar-refractivity contribution < 1.29 is 0 Å². The molecule has 0 aliphatic carbocycles. The Labute approximate surface area is 150 Å². The third-order valence-corrected chi connectivity index (χ3v) is 4.93. The highest BCUT2D eigenvalue weighted by Crippen LogP contribution is 2.34. The second kappa shape index (κ2) is 5.72. The zero-order chi connectivity index (χ0) is 17.5. The van der Waals surface area contributed by atoms with Crippen molar-refractivity contribution in [2.45, 2.75) is 6.54 Å². The van der Waals surface area contributed by atoms with Gasteiger partial charge < -0.3 is 4.57 Å². The summed E-state index contributed by atoms with van der Waals surface area (Å²) in [5, 5.41) is 14.2. The van der Waals surface area contributed by atoms with Crippen LogP contribution in [-0.2, 0) is 6.54 Å². The maximum Gasteiger partial charge on any atom is 0.0992 e. The number of hydrogen-bond acceptors (Lipinski definition) is 2. The molecule has 2 heterocycles. The molecule has 3 nitrogen and oxygen atoms in total. The van der Waals surface area contributed by atoms with Gasteiger partial charge in [0.25, 0.3) is 0 Å². The Hall–Kier alpha value is -3.64. The van der Waals surface area contributed by atoms with Gasteiger partial charge in [0.15, 0.2) is 0 Å². The number of pyridine rings is 1. The van der Waals surface area contributed by atoms with E-state index in [-0.39, 0.29) is 0 Å². The number of aromatic nitrogens is 2. The Morgan fingerprint density at radius 2 is 1.65 bits per heavy atom. The van der Waals surface area contributed by atoms with E-state index >= 15 is 0 Å². The van der Waals surface area contributed by atoms with Crippen LogP contribution in [0, 0.1) is 11.3 Å². The van der Waals surface area contributed by atoms with Crippen LogP contribution in [0.1, 0.15) is 11.3 Å². The third kappa shape index (κ3) is 2.17. The molecule has 0 saturated carbocycles. The van der Waals surface area contributed by atoms with Crippen LogP contribution in [0.25, 0.3) is 32.6 Å². The lowest BCUT2D eigenvalue weighted by molar-refractivity contribution is 0.834. The van der Waals surface area contributed by atoms with E-state index in [0.29, 0.717) is 12.1 Å². The van der Waals surface area contributed by atoms with E-state index in [2.05, 4.69) is 76.3 Å². The smallest absolute Gasteiger partial charge is 0.0992 e. The molecule has 0 unspecified atom stereocenters. The van der Waals surface area contributed by atoms with E-state index in [1.807, 2.05) is 6.07 Å². The Kier molecular flexibility index (Phi) is 3.23. The van der Waals surface area contributed by atoms with Gasteiger partial charge in [0.05, 0.1) is 29.4 Å². The summed E-state index contributed by atoms with van der Waals surface area (Å²) in [6.07, 6.45) is 1.71. The maximum absolute atomic E-state index is 9.17. The van der Waals surface area contributed by atoms with Crippen LogP contribution in [0.5, 0.6) is 0 Å². The van der Waals surface area contributed by atoms with Crippen molar-refractivity contribution in [3.63, 3.8) is 0 Å². The van der Waals surface area contributed by atoms with Gasteiger partial charge in [0.2, 0.25) is 0 Å². The van der Waals surface area contributed by atoms with Gasteiger partial charge in [-0.15, -0.1) is 0 Å². The molecule has 0 amide bonds. The van der Waals surface area contributed by atoms with Gasteiger partial charge in [-0.05, 0) is 35.0 Å². The van der Waals surface area contributed by atoms with Crippen LogP contribution in [0.2, 0.25) is 0 Å². The second-order valence-corrected chi connectivity index (χ2v) is 6.43. The normalized spacial score (nSPS) is 11.2. The molecule has 2 aromatic heterocycles. The summed E-state index contributed by atoms with van der Waals surface area (Å²) < 4.78 is 2.29. The Balaban J connectivity index is 1.83. The third-order valence-electron chi connectivity index (χ3n) is 4.93. The first-order valence-corrected chi connectivity index (χ1v) is 8.59.